The highest BCUT2D eigenvalue weighted by Gasteiger charge is 2.44. The van der Waals surface area contributed by atoms with Crippen LogP contribution in [0.5, 0.6) is 0 Å². The standard InChI is InChI=1S/C16H30N2O2/c1-2-17-11-16(5-7-20-8-6-16)12-18-9-13-3-4-15(19)14(13)10-18/h13-15,17,19H,2-12H2,1H3. The molecule has 0 amide bonds. The largest absolute Gasteiger partial charge is 0.393 e. The van der Waals surface area contributed by atoms with Gasteiger partial charge >= 0.3 is 0 Å². The van der Waals surface area contributed by atoms with Crippen LogP contribution in [0.4, 0.5) is 0 Å². The smallest absolute Gasteiger partial charge is 0.0583 e. The van der Waals surface area contributed by atoms with Crippen molar-refractivity contribution in [3.63, 3.8) is 0 Å². The molecule has 4 nitrogen and oxygen atoms in total. The topological polar surface area (TPSA) is 44.7 Å². The lowest BCUT2D eigenvalue weighted by Gasteiger charge is -2.40. The van der Waals surface area contributed by atoms with Gasteiger partial charge in [0.15, 0.2) is 0 Å². The molecule has 0 bridgehead atoms. The van der Waals surface area contributed by atoms with Crippen LogP contribution in [-0.2, 0) is 4.74 Å². The van der Waals surface area contributed by atoms with Crippen LogP contribution in [0.2, 0.25) is 0 Å². The first-order chi connectivity index (χ1) is 9.72. The van der Waals surface area contributed by atoms with E-state index in [0.717, 1.165) is 45.2 Å². The molecule has 20 heavy (non-hydrogen) atoms. The molecule has 3 atom stereocenters. The highest BCUT2D eigenvalue weighted by atomic mass is 16.5. The van der Waals surface area contributed by atoms with Gasteiger partial charge in [0.2, 0.25) is 0 Å². The van der Waals surface area contributed by atoms with Gasteiger partial charge in [-0.15, -0.1) is 0 Å². The summed E-state index contributed by atoms with van der Waals surface area (Å²) in [5.74, 6) is 1.30. The Morgan fingerprint density at radius 2 is 2.05 bits per heavy atom. The predicted molar refractivity (Wildman–Crippen MR) is 79.7 cm³/mol. The molecule has 0 spiro atoms. The van der Waals surface area contributed by atoms with Gasteiger partial charge in [0, 0.05) is 45.3 Å². The number of nitrogens with zero attached hydrogens (tertiary/aromatic N) is 1. The number of hydrogen-bond donors (Lipinski definition) is 2. The quantitative estimate of drug-likeness (QED) is 0.792. The molecule has 116 valence electrons. The summed E-state index contributed by atoms with van der Waals surface area (Å²) in [5.41, 5.74) is 0.387. The van der Waals surface area contributed by atoms with Crippen molar-refractivity contribution in [2.24, 2.45) is 17.3 Å². The number of hydrogen-bond acceptors (Lipinski definition) is 4. The van der Waals surface area contributed by atoms with Crippen molar-refractivity contribution in [3.05, 3.63) is 0 Å². The molecular formula is C16H30N2O2. The second kappa shape index (κ2) is 6.30. The molecule has 1 aliphatic carbocycles. The van der Waals surface area contributed by atoms with Crippen molar-refractivity contribution in [3.8, 4) is 0 Å². The molecule has 4 heteroatoms. The van der Waals surface area contributed by atoms with Gasteiger partial charge in [0.05, 0.1) is 6.10 Å². The fourth-order valence-corrected chi connectivity index (χ4v) is 4.52. The highest BCUT2D eigenvalue weighted by Crippen LogP contribution is 2.40. The fourth-order valence-electron chi connectivity index (χ4n) is 4.52. The summed E-state index contributed by atoms with van der Waals surface area (Å²) in [7, 11) is 0. The normalized spacial score (nSPS) is 37.2. The number of fused-ring (bicyclic) bond motifs is 1. The average molecular weight is 282 g/mol. The fraction of sp³-hybridized carbons (Fsp3) is 1.00. The van der Waals surface area contributed by atoms with E-state index in [1.54, 1.807) is 0 Å². The van der Waals surface area contributed by atoms with E-state index in [0.29, 0.717) is 11.3 Å². The summed E-state index contributed by atoms with van der Waals surface area (Å²) >= 11 is 0. The second-order valence-corrected chi connectivity index (χ2v) is 7.16. The van der Waals surface area contributed by atoms with E-state index < -0.39 is 0 Å². The van der Waals surface area contributed by atoms with Crippen molar-refractivity contribution in [2.45, 2.75) is 38.7 Å². The van der Waals surface area contributed by atoms with E-state index in [2.05, 4.69) is 17.1 Å². The Kier molecular flexibility index (Phi) is 4.65. The van der Waals surface area contributed by atoms with E-state index >= 15 is 0 Å². The van der Waals surface area contributed by atoms with Crippen LogP contribution in [0.1, 0.15) is 32.6 Å². The number of nitrogens with one attached hydrogen (secondary N) is 1. The van der Waals surface area contributed by atoms with Gasteiger partial charge in [-0.05, 0) is 43.6 Å². The third-order valence-corrected chi connectivity index (χ3v) is 5.76. The van der Waals surface area contributed by atoms with Gasteiger partial charge < -0.3 is 20.1 Å². The van der Waals surface area contributed by atoms with E-state index in [1.165, 1.54) is 32.4 Å². The Balaban J connectivity index is 1.59. The van der Waals surface area contributed by atoms with Gasteiger partial charge in [-0.3, -0.25) is 0 Å². The summed E-state index contributed by atoms with van der Waals surface area (Å²) < 4.78 is 5.57. The number of likely N-dealkylation sites (tertiary alicyclic amines) is 1. The molecule has 3 unspecified atom stereocenters. The Bertz CT molecular complexity index is 318. The van der Waals surface area contributed by atoms with Crippen LogP contribution >= 0.6 is 0 Å². The zero-order chi connectivity index (χ0) is 14.0. The molecule has 3 rings (SSSR count). The molecule has 3 fully saturated rings. The molecule has 1 saturated carbocycles. The molecule has 3 aliphatic rings. The van der Waals surface area contributed by atoms with E-state index in [-0.39, 0.29) is 6.10 Å². The maximum Gasteiger partial charge on any atom is 0.0583 e. The van der Waals surface area contributed by atoms with Crippen LogP contribution in [0.25, 0.3) is 0 Å². The summed E-state index contributed by atoms with van der Waals surface area (Å²) in [4.78, 5) is 2.63. The van der Waals surface area contributed by atoms with Crippen LogP contribution < -0.4 is 5.32 Å². The van der Waals surface area contributed by atoms with Gasteiger partial charge in [-0.2, -0.15) is 0 Å². The molecular weight excluding hydrogens is 252 g/mol. The summed E-state index contributed by atoms with van der Waals surface area (Å²) in [6.07, 6.45) is 4.57. The summed E-state index contributed by atoms with van der Waals surface area (Å²) in [5, 5.41) is 13.6. The van der Waals surface area contributed by atoms with Crippen molar-refractivity contribution >= 4 is 0 Å². The van der Waals surface area contributed by atoms with Gasteiger partial charge in [-0.1, -0.05) is 6.92 Å². The first-order valence-corrected chi connectivity index (χ1v) is 8.41. The minimum atomic E-state index is -0.0376. The molecule has 2 heterocycles. The lowest BCUT2D eigenvalue weighted by atomic mass is 9.79. The number of ether oxygens (including phenoxy) is 1. The minimum absolute atomic E-state index is 0.0376. The van der Waals surface area contributed by atoms with Crippen molar-refractivity contribution in [1.82, 2.24) is 10.2 Å². The predicted octanol–water partition coefficient (Wildman–Crippen LogP) is 1.10. The average Bonchev–Trinajstić information content (AvgIpc) is 3.00. The molecule has 2 N–H and O–H groups in total. The first-order valence-electron chi connectivity index (χ1n) is 8.41. The van der Waals surface area contributed by atoms with Crippen molar-refractivity contribution in [2.75, 3.05) is 45.9 Å². The van der Waals surface area contributed by atoms with Crippen LogP contribution in [0, 0.1) is 17.3 Å². The Morgan fingerprint density at radius 3 is 2.75 bits per heavy atom. The van der Waals surface area contributed by atoms with Gasteiger partial charge in [-0.25, -0.2) is 0 Å². The van der Waals surface area contributed by atoms with Crippen molar-refractivity contribution < 1.29 is 9.84 Å². The molecule has 0 aromatic heterocycles. The highest BCUT2D eigenvalue weighted by molar-refractivity contribution is 4.96. The first kappa shape index (κ1) is 14.8. The van der Waals surface area contributed by atoms with E-state index in [4.69, 9.17) is 4.74 Å². The second-order valence-electron chi connectivity index (χ2n) is 7.16. The monoisotopic (exact) mass is 282 g/mol. The maximum absolute atomic E-state index is 10.1. The van der Waals surface area contributed by atoms with E-state index in [1.807, 2.05) is 0 Å². The Labute approximate surface area is 122 Å². The molecule has 2 aliphatic heterocycles. The maximum atomic E-state index is 10.1. The SMILES string of the molecule is CCNCC1(CN2CC3CCC(O)C3C2)CCOCC1. The zero-order valence-electron chi connectivity index (χ0n) is 12.8. The Hall–Kier alpha value is -0.160. The molecule has 0 radical (unpaired) electrons. The number of aliphatic hydroxyl groups excluding tert-OH is 1. The number of aliphatic hydroxyl groups is 1. The Morgan fingerprint density at radius 1 is 1.25 bits per heavy atom. The molecule has 2 saturated heterocycles. The number of rotatable bonds is 5. The zero-order valence-corrected chi connectivity index (χ0v) is 12.8. The van der Waals surface area contributed by atoms with Crippen LogP contribution in [0.3, 0.4) is 0 Å². The summed E-state index contributed by atoms with van der Waals surface area (Å²) in [6.45, 7) is 9.67. The molecule has 0 aromatic rings. The van der Waals surface area contributed by atoms with Crippen molar-refractivity contribution in [1.29, 1.82) is 0 Å². The molecule has 0 aromatic carbocycles. The van der Waals surface area contributed by atoms with Gasteiger partial charge in [0.25, 0.3) is 0 Å². The van der Waals surface area contributed by atoms with Crippen LogP contribution in [0.15, 0.2) is 0 Å². The summed E-state index contributed by atoms with van der Waals surface area (Å²) in [6, 6.07) is 0. The lowest BCUT2D eigenvalue weighted by molar-refractivity contribution is -0.00290. The van der Waals surface area contributed by atoms with E-state index in [9.17, 15) is 5.11 Å². The minimum Gasteiger partial charge on any atom is -0.393 e. The third kappa shape index (κ3) is 3.03. The third-order valence-electron chi connectivity index (χ3n) is 5.76. The lowest BCUT2D eigenvalue weighted by Crippen LogP contribution is -2.47. The van der Waals surface area contributed by atoms with Gasteiger partial charge in [0.1, 0.15) is 0 Å². The van der Waals surface area contributed by atoms with Crippen LogP contribution in [-0.4, -0.2) is 62.0 Å².